The second kappa shape index (κ2) is 3.91. The maximum absolute atomic E-state index is 10.8. The van der Waals surface area contributed by atoms with Gasteiger partial charge in [0.15, 0.2) is 5.34 Å². The minimum absolute atomic E-state index is 0.219. The highest BCUT2D eigenvalue weighted by Crippen LogP contribution is 2.08. The van der Waals surface area contributed by atoms with E-state index < -0.39 is 5.97 Å². The third kappa shape index (κ3) is 2.09. The highest BCUT2D eigenvalue weighted by molar-refractivity contribution is 9.10. The largest absolute Gasteiger partial charge is 0.369 e. The molecule has 0 unspecified atom stereocenters. The van der Waals surface area contributed by atoms with Crippen molar-refractivity contribution in [2.75, 3.05) is 0 Å². The zero-order valence-corrected chi connectivity index (χ0v) is 7.32. The van der Waals surface area contributed by atoms with E-state index in [0.717, 1.165) is 0 Å². The van der Waals surface area contributed by atoms with Crippen molar-refractivity contribution in [1.29, 1.82) is 0 Å². The third-order valence-electron chi connectivity index (χ3n) is 1.08. The van der Waals surface area contributed by atoms with Gasteiger partial charge in [0, 0.05) is 6.20 Å². The number of rotatable bonds is 2. The molecule has 0 aromatic carbocycles. The van der Waals surface area contributed by atoms with Crippen LogP contribution in [0.25, 0.3) is 0 Å². The molecule has 12 heavy (non-hydrogen) atoms. The van der Waals surface area contributed by atoms with Crippen LogP contribution in [0.1, 0.15) is 10.4 Å². The molecule has 0 aliphatic carbocycles. The molecule has 0 amide bonds. The summed E-state index contributed by atoms with van der Waals surface area (Å²) in [6, 6.07) is 2.84. The van der Waals surface area contributed by atoms with Crippen molar-refractivity contribution in [2.45, 2.75) is 0 Å². The van der Waals surface area contributed by atoms with E-state index in [1.807, 2.05) is 5.34 Å². The van der Waals surface area contributed by atoms with Gasteiger partial charge >= 0.3 is 5.97 Å². The lowest BCUT2D eigenvalue weighted by Crippen LogP contribution is -2.00. The van der Waals surface area contributed by atoms with Crippen LogP contribution in [-0.4, -0.2) is 11.0 Å². The summed E-state index contributed by atoms with van der Waals surface area (Å²) in [6.07, 6.45) is 1.41. The Kier molecular flexibility index (Phi) is 2.87. The van der Waals surface area contributed by atoms with Crippen LogP contribution in [0, 0.1) is 4.91 Å². The maximum atomic E-state index is 10.8. The summed E-state index contributed by atoms with van der Waals surface area (Å²) in [5.74, 6) is -0.798. The predicted molar refractivity (Wildman–Crippen MR) is 43.1 cm³/mol. The summed E-state index contributed by atoms with van der Waals surface area (Å²) in [6.45, 7) is 0. The van der Waals surface area contributed by atoms with Gasteiger partial charge in [0.25, 0.3) is 0 Å². The Bertz CT molecular complexity index is 315. The normalized spacial score (nSPS) is 9.08. The molecule has 0 aliphatic heterocycles. The first-order valence-corrected chi connectivity index (χ1v) is 3.69. The summed E-state index contributed by atoms with van der Waals surface area (Å²) in [7, 11) is 0. The van der Waals surface area contributed by atoms with Crippen LogP contribution in [0.4, 0.5) is 0 Å². The van der Waals surface area contributed by atoms with Crippen LogP contribution in [0.15, 0.2) is 28.3 Å². The van der Waals surface area contributed by atoms with E-state index in [2.05, 4.69) is 25.8 Å². The molecule has 0 fully saturated rings. The smallest absolute Gasteiger partial charge is 0.279 e. The summed E-state index contributed by atoms with van der Waals surface area (Å²) in [4.78, 5) is 28.0. The van der Waals surface area contributed by atoms with E-state index in [4.69, 9.17) is 0 Å². The Balaban J connectivity index is 2.87. The zero-order valence-electron chi connectivity index (χ0n) is 5.73. The van der Waals surface area contributed by atoms with Crippen LogP contribution in [0.2, 0.25) is 0 Å². The number of pyridine rings is 1. The molecule has 1 rings (SSSR count). The quantitative estimate of drug-likeness (QED) is 0.441. The van der Waals surface area contributed by atoms with Gasteiger partial charge in [0.1, 0.15) is 4.60 Å². The van der Waals surface area contributed by atoms with Gasteiger partial charge in [0.2, 0.25) is 0 Å². The molecular formula is C6H3BrN2O3. The topological polar surface area (TPSA) is 68.6 Å². The maximum Gasteiger partial charge on any atom is 0.369 e. The zero-order chi connectivity index (χ0) is 8.97. The van der Waals surface area contributed by atoms with E-state index in [-0.39, 0.29) is 5.56 Å². The fraction of sp³-hybridized carbons (Fsp3) is 0. The van der Waals surface area contributed by atoms with Gasteiger partial charge in [-0.05, 0) is 28.1 Å². The molecule has 1 aromatic rings. The standard InChI is InChI=1S/C6H3BrN2O3/c7-5-3-4(1-2-8-5)6(10)12-9-11/h1-3H. The Morgan fingerprint density at radius 1 is 1.67 bits per heavy atom. The molecule has 1 aromatic heterocycles. The molecule has 0 bridgehead atoms. The number of hydrogen-bond donors (Lipinski definition) is 0. The summed E-state index contributed by atoms with van der Waals surface area (Å²) < 4.78 is 0.489. The SMILES string of the molecule is O=NOC(=O)c1ccnc(Br)c1. The highest BCUT2D eigenvalue weighted by Gasteiger charge is 2.07. The molecule has 0 saturated carbocycles. The number of halogens is 1. The van der Waals surface area contributed by atoms with Gasteiger partial charge in [0.05, 0.1) is 5.56 Å². The molecule has 0 saturated heterocycles. The number of carbonyl (C=O) groups excluding carboxylic acids is 1. The third-order valence-corrected chi connectivity index (χ3v) is 1.52. The highest BCUT2D eigenvalue weighted by atomic mass is 79.9. The lowest BCUT2D eigenvalue weighted by Gasteiger charge is -1.94. The van der Waals surface area contributed by atoms with Crippen LogP contribution in [0.5, 0.6) is 0 Å². The Morgan fingerprint density at radius 2 is 2.42 bits per heavy atom. The number of aromatic nitrogens is 1. The van der Waals surface area contributed by atoms with Gasteiger partial charge in [-0.15, -0.1) is 4.91 Å². The van der Waals surface area contributed by atoms with E-state index in [9.17, 15) is 9.70 Å². The Hall–Kier alpha value is -1.30. The average molecular weight is 231 g/mol. The lowest BCUT2D eigenvalue weighted by atomic mass is 10.3. The van der Waals surface area contributed by atoms with Crippen molar-refractivity contribution in [1.82, 2.24) is 4.98 Å². The van der Waals surface area contributed by atoms with Gasteiger partial charge in [-0.25, -0.2) is 9.78 Å². The summed E-state index contributed by atoms with van der Waals surface area (Å²) >= 11 is 3.05. The minimum atomic E-state index is -0.798. The molecule has 0 N–H and O–H groups in total. The van der Waals surface area contributed by atoms with Crippen LogP contribution >= 0.6 is 15.9 Å². The number of hydrogen-bond acceptors (Lipinski definition) is 5. The number of nitrogens with zero attached hydrogens (tertiary/aromatic N) is 2. The average Bonchev–Trinajstić information content (AvgIpc) is 2.05. The van der Waals surface area contributed by atoms with Crippen LogP contribution < -0.4 is 0 Å². The Morgan fingerprint density at radius 3 is 3.00 bits per heavy atom. The molecule has 0 aliphatic rings. The van der Waals surface area contributed by atoms with Crippen molar-refractivity contribution < 1.29 is 9.63 Å². The first-order valence-electron chi connectivity index (χ1n) is 2.89. The van der Waals surface area contributed by atoms with Crippen molar-refractivity contribution in [2.24, 2.45) is 5.34 Å². The number of carbonyl (C=O) groups is 1. The monoisotopic (exact) mass is 230 g/mol. The van der Waals surface area contributed by atoms with E-state index in [1.165, 1.54) is 18.3 Å². The van der Waals surface area contributed by atoms with Gasteiger partial charge < -0.3 is 0 Å². The van der Waals surface area contributed by atoms with E-state index in [1.54, 1.807) is 0 Å². The molecule has 1 heterocycles. The van der Waals surface area contributed by atoms with Gasteiger partial charge in [-0.1, -0.05) is 0 Å². The molecular weight excluding hydrogens is 228 g/mol. The van der Waals surface area contributed by atoms with Crippen LogP contribution in [0.3, 0.4) is 0 Å². The summed E-state index contributed by atoms with van der Waals surface area (Å²) in [5.41, 5.74) is 0.219. The second-order valence-electron chi connectivity index (χ2n) is 1.82. The lowest BCUT2D eigenvalue weighted by molar-refractivity contribution is 0.0508. The Labute approximate surface area is 75.8 Å². The van der Waals surface area contributed by atoms with Crippen molar-refractivity contribution >= 4 is 21.9 Å². The van der Waals surface area contributed by atoms with E-state index >= 15 is 0 Å². The second-order valence-corrected chi connectivity index (χ2v) is 2.63. The predicted octanol–water partition coefficient (Wildman–Crippen LogP) is 1.68. The molecule has 0 atom stereocenters. The van der Waals surface area contributed by atoms with E-state index in [0.29, 0.717) is 4.60 Å². The molecule has 0 spiro atoms. The molecule has 0 radical (unpaired) electrons. The van der Waals surface area contributed by atoms with Gasteiger partial charge in [-0.2, -0.15) is 0 Å². The molecule has 62 valence electrons. The molecule has 6 heteroatoms. The first-order chi connectivity index (χ1) is 5.74. The van der Waals surface area contributed by atoms with Gasteiger partial charge in [-0.3, -0.25) is 4.84 Å². The summed E-state index contributed by atoms with van der Waals surface area (Å²) in [5, 5.41) is 2.01. The molecule has 5 nitrogen and oxygen atoms in total. The first kappa shape index (κ1) is 8.79. The van der Waals surface area contributed by atoms with Crippen molar-refractivity contribution in [3.63, 3.8) is 0 Å². The van der Waals surface area contributed by atoms with Crippen molar-refractivity contribution in [3.8, 4) is 0 Å². The van der Waals surface area contributed by atoms with Crippen LogP contribution in [-0.2, 0) is 4.84 Å². The fourth-order valence-electron chi connectivity index (χ4n) is 0.616. The fourth-order valence-corrected chi connectivity index (χ4v) is 0.981. The minimum Gasteiger partial charge on any atom is -0.279 e. The van der Waals surface area contributed by atoms with Crippen molar-refractivity contribution in [3.05, 3.63) is 33.4 Å².